The molecule has 1 heterocycles. The maximum atomic E-state index is 13.2. The molecule has 1 atom stereocenters. The van der Waals surface area contributed by atoms with Crippen LogP contribution in [0.5, 0.6) is 0 Å². The normalized spacial score (nSPS) is 30.0. The number of nitrogens with two attached hydrogens (primary N) is 1. The Morgan fingerprint density at radius 3 is 2.25 bits per heavy atom. The van der Waals surface area contributed by atoms with E-state index < -0.39 is 17.5 Å². The van der Waals surface area contributed by atoms with E-state index in [1.807, 2.05) is 0 Å². The van der Waals surface area contributed by atoms with Gasteiger partial charge in [-0.3, -0.25) is 0 Å². The average molecular weight is 178 g/mol. The van der Waals surface area contributed by atoms with Crippen LogP contribution in [0.3, 0.4) is 0 Å². The SMILES string of the molecule is CC(C)(C)N1CC(CN)C1(F)F. The van der Waals surface area contributed by atoms with Crippen LogP contribution >= 0.6 is 0 Å². The van der Waals surface area contributed by atoms with Crippen LogP contribution in [-0.2, 0) is 0 Å². The van der Waals surface area contributed by atoms with E-state index in [0.717, 1.165) is 0 Å². The minimum atomic E-state index is -2.70. The van der Waals surface area contributed by atoms with E-state index in [-0.39, 0.29) is 6.54 Å². The number of halogens is 2. The first-order valence-electron chi connectivity index (χ1n) is 4.15. The third-order valence-electron chi connectivity index (χ3n) is 2.35. The van der Waals surface area contributed by atoms with Crippen LogP contribution < -0.4 is 5.73 Å². The topological polar surface area (TPSA) is 29.3 Å². The monoisotopic (exact) mass is 178 g/mol. The molecule has 0 aromatic rings. The summed E-state index contributed by atoms with van der Waals surface area (Å²) in [5.41, 5.74) is 4.75. The Morgan fingerprint density at radius 1 is 1.50 bits per heavy atom. The van der Waals surface area contributed by atoms with Crippen LogP contribution in [0, 0.1) is 5.92 Å². The Labute approximate surface area is 71.7 Å². The van der Waals surface area contributed by atoms with Gasteiger partial charge in [0.2, 0.25) is 0 Å². The lowest BCUT2D eigenvalue weighted by atomic mass is 9.89. The van der Waals surface area contributed by atoms with Crippen molar-refractivity contribution in [3.63, 3.8) is 0 Å². The lowest BCUT2D eigenvalue weighted by Crippen LogP contribution is -2.69. The molecule has 1 aliphatic rings. The van der Waals surface area contributed by atoms with Gasteiger partial charge in [0.15, 0.2) is 0 Å². The summed E-state index contributed by atoms with van der Waals surface area (Å²) in [6.45, 7) is 5.83. The third kappa shape index (κ3) is 1.33. The lowest BCUT2D eigenvalue weighted by molar-refractivity contribution is -0.289. The molecule has 0 radical (unpaired) electrons. The van der Waals surface area contributed by atoms with Crippen molar-refractivity contribution in [2.75, 3.05) is 13.1 Å². The molecule has 0 bridgehead atoms. The van der Waals surface area contributed by atoms with Crippen LogP contribution in [0.4, 0.5) is 8.78 Å². The Hall–Kier alpha value is -0.220. The quantitative estimate of drug-likeness (QED) is 0.613. The summed E-state index contributed by atoms with van der Waals surface area (Å²) in [7, 11) is 0. The van der Waals surface area contributed by atoms with E-state index in [1.165, 1.54) is 4.90 Å². The van der Waals surface area contributed by atoms with Gasteiger partial charge in [0.05, 0.1) is 5.92 Å². The molecule has 0 aromatic heterocycles. The Bertz CT molecular complexity index is 174. The summed E-state index contributed by atoms with van der Waals surface area (Å²) in [5, 5.41) is 0. The number of hydrogen-bond acceptors (Lipinski definition) is 2. The van der Waals surface area contributed by atoms with Crippen molar-refractivity contribution < 1.29 is 8.78 Å². The minimum absolute atomic E-state index is 0.0690. The second-order valence-corrected chi connectivity index (χ2v) is 4.30. The van der Waals surface area contributed by atoms with E-state index >= 15 is 0 Å². The zero-order chi connectivity index (χ0) is 9.57. The maximum Gasteiger partial charge on any atom is 0.310 e. The number of likely N-dealkylation sites (tertiary alicyclic amines) is 1. The van der Waals surface area contributed by atoms with Crippen LogP contribution in [-0.4, -0.2) is 29.6 Å². The van der Waals surface area contributed by atoms with Crippen molar-refractivity contribution in [1.29, 1.82) is 0 Å². The van der Waals surface area contributed by atoms with Crippen LogP contribution in [0.1, 0.15) is 20.8 Å². The Morgan fingerprint density at radius 2 is 2.00 bits per heavy atom. The van der Waals surface area contributed by atoms with E-state index in [4.69, 9.17) is 5.73 Å². The second-order valence-electron chi connectivity index (χ2n) is 4.30. The molecule has 0 aliphatic carbocycles. The molecular weight excluding hydrogens is 162 g/mol. The van der Waals surface area contributed by atoms with Crippen molar-refractivity contribution >= 4 is 0 Å². The molecule has 1 saturated heterocycles. The molecular formula is C8H16F2N2. The molecule has 0 saturated carbocycles. The Balaban J connectivity index is 2.65. The van der Waals surface area contributed by atoms with Gasteiger partial charge in [-0.15, -0.1) is 0 Å². The molecule has 0 amide bonds. The van der Waals surface area contributed by atoms with Crippen molar-refractivity contribution in [3.05, 3.63) is 0 Å². The largest absolute Gasteiger partial charge is 0.330 e. The molecule has 0 spiro atoms. The van der Waals surface area contributed by atoms with Crippen LogP contribution in [0.2, 0.25) is 0 Å². The Kier molecular flexibility index (Phi) is 2.17. The van der Waals surface area contributed by atoms with E-state index in [1.54, 1.807) is 20.8 Å². The highest BCUT2D eigenvalue weighted by Crippen LogP contribution is 2.43. The summed E-state index contributed by atoms with van der Waals surface area (Å²) in [5.74, 6) is -0.656. The summed E-state index contributed by atoms with van der Waals surface area (Å²) >= 11 is 0. The van der Waals surface area contributed by atoms with Gasteiger partial charge in [-0.05, 0) is 20.8 Å². The zero-order valence-electron chi connectivity index (χ0n) is 7.77. The second kappa shape index (κ2) is 2.64. The highest BCUT2D eigenvalue weighted by molar-refractivity contribution is 4.97. The molecule has 12 heavy (non-hydrogen) atoms. The zero-order valence-corrected chi connectivity index (χ0v) is 7.77. The van der Waals surface area contributed by atoms with Gasteiger partial charge in [0, 0.05) is 18.6 Å². The number of nitrogens with zero attached hydrogens (tertiary/aromatic N) is 1. The van der Waals surface area contributed by atoms with E-state index in [0.29, 0.717) is 6.54 Å². The van der Waals surface area contributed by atoms with E-state index in [2.05, 4.69) is 0 Å². The van der Waals surface area contributed by atoms with Crippen LogP contribution in [0.25, 0.3) is 0 Å². The standard InChI is InChI=1S/C8H16F2N2/c1-7(2,3)12-5-6(4-11)8(12,9)10/h6H,4-5,11H2,1-3H3. The summed E-state index contributed by atoms with van der Waals surface area (Å²) in [6, 6.07) is -2.70. The van der Waals surface area contributed by atoms with Gasteiger partial charge in [-0.25, -0.2) is 4.90 Å². The van der Waals surface area contributed by atoms with Crippen molar-refractivity contribution in [1.82, 2.24) is 4.90 Å². The smallest absolute Gasteiger partial charge is 0.310 e. The molecule has 72 valence electrons. The fraction of sp³-hybridized carbons (Fsp3) is 1.00. The highest BCUT2D eigenvalue weighted by Gasteiger charge is 2.58. The van der Waals surface area contributed by atoms with E-state index in [9.17, 15) is 8.78 Å². The predicted octanol–water partition coefficient (Wildman–Crippen LogP) is 1.27. The number of hydrogen-bond donors (Lipinski definition) is 1. The maximum absolute atomic E-state index is 13.2. The molecule has 1 fully saturated rings. The summed E-state index contributed by atoms with van der Waals surface area (Å²) in [4.78, 5) is 1.19. The van der Waals surface area contributed by atoms with Crippen molar-refractivity contribution in [2.24, 2.45) is 11.7 Å². The first kappa shape index (κ1) is 9.86. The predicted molar refractivity (Wildman–Crippen MR) is 44.0 cm³/mol. The summed E-state index contributed by atoms with van der Waals surface area (Å²) < 4.78 is 26.4. The van der Waals surface area contributed by atoms with Gasteiger partial charge in [0.25, 0.3) is 0 Å². The molecule has 1 aliphatic heterocycles. The lowest BCUT2D eigenvalue weighted by Gasteiger charge is -2.53. The van der Waals surface area contributed by atoms with Crippen molar-refractivity contribution in [3.8, 4) is 0 Å². The van der Waals surface area contributed by atoms with Crippen molar-refractivity contribution in [2.45, 2.75) is 32.4 Å². The van der Waals surface area contributed by atoms with Gasteiger partial charge < -0.3 is 5.73 Å². The molecule has 1 unspecified atom stereocenters. The molecule has 2 nitrogen and oxygen atoms in total. The minimum Gasteiger partial charge on any atom is -0.330 e. The first-order chi connectivity index (χ1) is 5.30. The fourth-order valence-corrected chi connectivity index (χ4v) is 1.50. The average Bonchev–Trinajstić information content (AvgIpc) is 1.83. The number of rotatable bonds is 1. The van der Waals surface area contributed by atoms with Crippen LogP contribution in [0.15, 0.2) is 0 Å². The molecule has 1 rings (SSSR count). The fourth-order valence-electron chi connectivity index (χ4n) is 1.50. The van der Waals surface area contributed by atoms with Gasteiger partial charge >= 0.3 is 6.05 Å². The highest BCUT2D eigenvalue weighted by atomic mass is 19.3. The van der Waals surface area contributed by atoms with Gasteiger partial charge in [0.1, 0.15) is 0 Å². The molecule has 0 aromatic carbocycles. The molecule has 4 heteroatoms. The first-order valence-corrected chi connectivity index (χ1v) is 4.15. The molecule has 2 N–H and O–H groups in total. The number of alkyl halides is 2. The van der Waals surface area contributed by atoms with Gasteiger partial charge in [-0.1, -0.05) is 0 Å². The van der Waals surface area contributed by atoms with Gasteiger partial charge in [-0.2, -0.15) is 8.78 Å². The summed E-state index contributed by atoms with van der Waals surface area (Å²) in [6.07, 6.45) is 0. The third-order valence-corrected chi connectivity index (χ3v) is 2.35.